The summed E-state index contributed by atoms with van der Waals surface area (Å²) in [5, 5.41) is 23.7. The number of methoxy groups -OCH3 is 1. The third-order valence-electron chi connectivity index (χ3n) is 6.25. The first-order valence-electron chi connectivity index (χ1n) is 10.9. The van der Waals surface area contributed by atoms with Gasteiger partial charge in [-0.1, -0.05) is 12.1 Å². The molecule has 0 aromatic heterocycles. The monoisotopic (exact) mass is 568 g/mol. The van der Waals surface area contributed by atoms with Crippen LogP contribution in [0.25, 0.3) is 0 Å². The van der Waals surface area contributed by atoms with Gasteiger partial charge in [0.1, 0.15) is 11.7 Å². The van der Waals surface area contributed by atoms with E-state index in [9.17, 15) is 29.8 Å². The number of ether oxygens (including phenoxy) is 1. The molecule has 0 bridgehead atoms. The van der Waals surface area contributed by atoms with Crippen molar-refractivity contribution in [2.75, 3.05) is 17.1 Å². The van der Waals surface area contributed by atoms with Gasteiger partial charge in [0.2, 0.25) is 5.91 Å². The quantitative estimate of drug-likeness (QED) is 0.241. The average molecular weight is 569 g/mol. The van der Waals surface area contributed by atoms with Crippen LogP contribution in [-0.4, -0.2) is 34.9 Å². The molecule has 0 N–H and O–H groups in total. The van der Waals surface area contributed by atoms with Crippen LogP contribution >= 0.6 is 15.9 Å². The number of carbonyl (C=O) groups is 2. The van der Waals surface area contributed by atoms with Gasteiger partial charge in [-0.3, -0.25) is 34.7 Å². The van der Waals surface area contributed by atoms with Gasteiger partial charge in [-0.25, -0.2) is 9.96 Å². The van der Waals surface area contributed by atoms with Crippen molar-refractivity contribution < 1.29 is 29.0 Å². The van der Waals surface area contributed by atoms with Crippen molar-refractivity contribution >= 4 is 50.5 Å². The van der Waals surface area contributed by atoms with Crippen molar-refractivity contribution in [1.82, 2.24) is 0 Å². The molecule has 0 saturated carbocycles. The Morgan fingerprint density at radius 1 is 0.892 bits per heavy atom. The van der Waals surface area contributed by atoms with Gasteiger partial charge in [-0.2, -0.15) is 0 Å². The van der Waals surface area contributed by atoms with Crippen LogP contribution in [0.4, 0.5) is 22.7 Å². The number of nitro groups is 2. The predicted octanol–water partition coefficient (Wildman–Crippen LogP) is 4.33. The van der Waals surface area contributed by atoms with E-state index in [1.54, 1.807) is 24.3 Å². The average Bonchev–Trinajstić information content (AvgIpc) is 3.40. The van der Waals surface area contributed by atoms with Crippen molar-refractivity contribution in [2.24, 2.45) is 5.92 Å². The largest absolute Gasteiger partial charge is 0.496 e. The van der Waals surface area contributed by atoms with E-state index >= 15 is 0 Å². The van der Waals surface area contributed by atoms with E-state index in [0.29, 0.717) is 21.5 Å². The van der Waals surface area contributed by atoms with Crippen LogP contribution in [0.2, 0.25) is 0 Å². The second-order valence-corrected chi connectivity index (χ2v) is 9.13. The van der Waals surface area contributed by atoms with E-state index in [1.807, 2.05) is 0 Å². The van der Waals surface area contributed by atoms with Crippen LogP contribution in [0.1, 0.15) is 11.6 Å². The summed E-state index contributed by atoms with van der Waals surface area (Å²) >= 11 is 3.44. The van der Waals surface area contributed by atoms with Gasteiger partial charge in [-0.05, 0) is 51.8 Å². The van der Waals surface area contributed by atoms with Gasteiger partial charge in [0, 0.05) is 24.3 Å². The molecule has 0 spiro atoms. The Kier molecular flexibility index (Phi) is 6.09. The number of hydrogen-bond donors (Lipinski definition) is 0. The summed E-state index contributed by atoms with van der Waals surface area (Å²) in [6, 6.07) is 15.1. The Bertz CT molecular complexity index is 1450. The Hall–Kier alpha value is -4.36. The molecule has 2 saturated heterocycles. The fourth-order valence-electron chi connectivity index (χ4n) is 4.57. The fourth-order valence-corrected chi connectivity index (χ4v) is 5.12. The van der Waals surface area contributed by atoms with Crippen LogP contribution in [0.3, 0.4) is 0 Å². The molecule has 2 heterocycles. The number of anilines is 2. The number of rotatable bonds is 6. The first-order chi connectivity index (χ1) is 17.7. The van der Waals surface area contributed by atoms with E-state index in [1.165, 1.54) is 54.6 Å². The van der Waals surface area contributed by atoms with Gasteiger partial charge in [0.15, 0.2) is 6.10 Å². The number of non-ortho nitro benzene ring substituents is 2. The maximum Gasteiger partial charge on any atom is 0.271 e. The highest BCUT2D eigenvalue weighted by Gasteiger charge is 2.60. The molecule has 3 aromatic carbocycles. The first-order valence-corrected chi connectivity index (χ1v) is 11.7. The van der Waals surface area contributed by atoms with Crippen molar-refractivity contribution in [3.05, 3.63) is 97.0 Å². The first kappa shape index (κ1) is 24.3. The molecule has 0 aliphatic carbocycles. The highest BCUT2D eigenvalue weighted by molar-refractivity contribution is 9.10. The molecule has 2 aliphatic rings. The molecule has 188 valence electrons. The number of amides is 2. The van der Waals surface area contributed by atoms with Gasteiger partial charge in [0.25, 0.3) is 17.3 Å². The SMILES string of the molecule is COc1ccc([C@H]2[C@@H]3C(=O)N(c4ccc([N+](=O)[O-])cc4)C(=O)[C@H]3ON2c2cccc([N+](=O)[O-])c2)cc1Br. The van der Waals surface area contributed by atoms with Crippen LogP contribution in [0.15, 0.2) is 71.2 Å². The summed E-state index contributed by atoms with van der Waals surface area (Å²) < 4.78 is 5.89. The third-order valence-corrected chi connectivity index (χ3v) is 6.87. The molecular formula is C24H17BrN4O8. The molecule has 5 rings (SSSR count). The van der Waals surface area contributed by atoms with Gasteiger partial charge in [-0.15, -0.1) is 0 Å². The maximum absolute atomic E-state index is 13.7. The summed E-state index contributed by atoms with van der Waals surface area (Å²) in [4.78, 5) is 55.3. The lowest BCUT2D eigenvalue weighted by molar-refractivity contribution is -0.385. The zero-order valence-electron chi connectivity index (χ0n) is 19.0. The Balaban J connectivity index is 1.58. The molecule has 2 amide bonds. The van der Waals surface area contributed by atoms with E-state index in [4.69, 9.17) is 9.57 Å². The second kappa shape index (κ2) is 9.26. The molecule has 3 atom stereocenters. The van der Waals surface area contributed by atoms with E-state index in [-0.39, 0.29) is 17.1 Å². The van der Waals surface area contributed by atoms with Crippen LogP contribution in [-0.2, 0) is 14.4 Å². The smallest absolute Gasteiger partial charge is 0.271 e. The number of nitrogens with zero attached hydrogens (tertiary/aromatic N) is 4. The molecule has 0 radical (unpaired) electrons. The molecule has 2 fully saturated rings. The second-order valence-electron chi connectivity index (χ2n) is 8.28. The van der Waals surface area contributed by atoms with Crippen molar-refractivity contribution in [3.63, 3.8) is 0 Å². The summed E-state index contributed by atoms with van der Waals surface area (Å²) in [6.45, 7) is 0. The van der Waals surface area contributed by atoms with Crippen molar-refractivity contribution in [1.29, 1.82) is 0 Å². The highest BCUT2D eigenvalue weighted by atomic mass is 79.9. The minimum atomic E-state index is -1.21. The topological polar surface area (TPSA) is 145 Å². The van der Waals surface area contributed by atoms with Gasteiger partial charge < -0.3 is 4.74 Å². The zero-order chi connectivity index (χ0) is 26.4. The van der Waals surface area contributed by atoms with Gasteiger partial charge >= 0.3 is 0 Å². The minimum absolute atomic E-state index is 0.176. The van der Waals surface area contributed by atoms with E-state index in [0.717, 1.165) is 4.90 Å². The standard InChI is InChI=1S/C24H17BrN4O8/c1-36-19-10-5-13(11-18(19)25)21-20-22(37-27(21)16-3-2-4-17(12-16)29(34)35)24(31)26(23(20)30)14-6-8-15(9-7-14)28(32)33/h2-12,20-22H,1H3/t20-,21-,22-/m0/s1. The Morgan fingerprint density at radius 2 is 1.59 bits per heavy atom. The summed E-state index contributed by atoms with van der Waals surface area (Å²) in [6.07, 6.45) is -1.21. The normalized spacial score (nSPS) is 20.8. The third kappa shape index (κ3) is 4.07. The lowest BCUT2D eigenvalue weighted by atomic mass is 9.90. The van der Waals surface area contributed by atoms with Crippen LogP contribution in [0.5, 0.6) is 5.75 Å². The molecular weight excluding hydrogens is 552 g/mol. The molecule has 12 nitrogen and oxygen atoms in total. The number of fused-ring (bicyclic) bond motifs is 1. The zero-order valence-corrected chi connectivity index (χ0v) is 20.6. The number of imide groups is 1. The Labute approximate surface area is 217 Å². The molecule has 37 heavy (non-hydrogen) atoms. The van der Waals surface area contributed by atoms with Gasteiger partial charge in [0.05, 0.1) is 38.8 Å². The summed E-state index contributed by atoms with van der Waals surface area (Å²) in [7, 11) is 1.51. The number of nitro benzene ring substituents is 2. The fraction of sp³-hybridized carbons (Fsp3) is 0.167. The number of benzene rings is 3. The number of hydroxylamine groups is 1. The lowest BCUT2D eigenvalue weighted by Gasteiger charge is -2.29. The van der Waals surface area contributed by atoms with Crippen molar-refractivity contribution in [2.45, 2.75) is 12.1 Å². The van der Waals surface area contributed by atoms with E-state index < -0.39 is 39.7 Å². The number of hydrogen-bond acceptors (Lipinski definition) is 9. The van der Waals surface area contributed by atoms with E-state index in [2.05, 4.69) is 15.9 Å². The molecule has 3 aromatic rings. The molecule has 0 unspecified atom stereocenters. The van der Waals surface area contributed by atoms with Crippen molar-refractivity contribution in [3.8, 4) is 5.75 Å². The molecule has 13 heteroatoms. The van der Waals surface area contributed by atoms with Crippen LogP contribution < -0.4 is 14.7 Å². The van der Waals surface area contributed by atoms with Crippen LogP contribution in [0, 0.1) is 26.1 Å². The predicted molar refractivity (Wildman–Crippen MR) is 133 cm³/mol. The maximum atomic E-state index is 13.7. The lowest BCUT2D eigenvalue weighted by Crippen LogP contribution is -2.37. The molecule has 2 aliphatic heterocycles. The number of carbonyl (C=O) groups excluding carboxylic acids is 2. The minimum Gasteiger partial charge on any atom is -0.496 e. The Morgan fingerprint density at radius 3 is 2.22 bits per heavy atom. The summed E-state index contributed by atoms with van der Waals surface area (Å²) in [5.41, 5.74) is 0.701. The number of halogens is 1. The summed E-state index contributed by atoms with van der Waals surface area (Å²) in [5.74, 6) is -1.66. The highest BCUT2D eigenvalue weighted by Crippen LogP contribution is 2.48.